The second-order valence-corrected chi connectivity index (χ2v) is 5.06. The van der Waals surface area contributed by atoms with Crippen LogP contribution in [0.15, 0.2) is 12.1 Å². The molecule has 0 amide bonds. The first-order valence-electron chi connectivity index (χ1n) is 7.10. The second-order valence-electron chi connectivity index (χ2n) is 5.06. The number of benzene rings is 1. The van der Waals surface area contributed by atoms with Gasteiger partial charge in [-0.15, -0.1) is 12.4 Å². The molecule has 0 unspecified atom stereocenters. The van der Waals surface area contributed by atoms with Crippen molar-refractivity contribution in [3.8, 4) is 11.5 Å². The van der Waals surface area contributed by atoms with Gasteiger partial charge in [-0.25, -0.2) is 0 Å². The van der Waals surface area contributed by atoms with Crippen molar-refractivity contribution in [2.24, 2.45) is 0 Å². The van der Waals surface area contributed by atoms with Crippen LogP contribution in [0.3, 0.4) is 0 Å². The minimum atomic E-state index is -4.46. The molecule has 2 rings (SSSR count). The Bertz CT molecular complexity index is 488. The summed E-state index contributed by atoms with van der Waals surface area (Å²) in [6.45, 7) is 3.55. The SMILES string of the molecule is CCOc1cc([C@H]2CCCNC2)c(OC)cc1C(F)(F)F.Cl. The fourth-order valence-electron chi connectivity index (χ4n) is 2.69. The van der Waals surface area contributed by atoms with Crippen LogP contribution in [0, 0.1) is 0 Å². The summed E-state index contributed by atoms with van der Waals surface area (Å²) < 4.78 is 49.7. The molecular formula is C15H21ClF3NO2. The Morgan fingerprint density at radius 2 is 2.00 bits per heavy atom. The highest BCUT2D eigenvalue weighted by Gasteiger charge is 2.36. The minimum absolute atomic E-state index is 0. The predicted molar refractivity (Wildman–Crippen MR) is 81.3 cm³/mol. The highest BCUT2D eigenvalue weighted by Crippen LogP contribution is 2.43. The summed E-state index contributed by atoms with van der Waals surface area (Å²) in [6.07, 6.45) is -2.53. The van der Waals surface area contributed by atoms with Crippen molar-refractivity contribution >= 4 is 12.4 Å². The van der Waals surface area contributed by atoms with Crippen molar-refractivity contribution in [1.82, 2.24) is 5.32 Å². The molecule has 0 saturated carbocycles. The number of piperidine rings is 1. The number of hydrogen-bond acceptors (Lipinski definition) is 3. The molecule has 1 atom stereocenters. The van der Waals surface area contributed by atoms with Gasteiger partial charge in [-0.05, 0) is 38.4 Å². The maximum atomic E-state index is 13.1. The number of methoxy groups -OCH3 is 1. The zero-order valence-corrected chi connectivity index (χ0v) is 13.4. The Morgan fingerprint density at radius 3 is 2.50 bits per heavy atom. The standard InChI is InChI=1S/C15H20F3NO2.ClH/c1-3-21-14-7-11(10-5-4-6-19-9-10)13(20-2)8-12(14)15(16,17)18;/h7-8,10,19H,3-6,9H2,1-2H3;1H/t10-;/m0./s1. The number of ether oxygens (including phenoxy) is 2. The molecule has 1 saturated heterocycles. The molecule has 1 fully saturated rings. The van der Waals surface area contributed by atoms with E-state index in [1.807, 2.05) is 0 Å². The number of alkyl halides is 3. The van der Waals surface area contributed by atoms with Crippen LogP contribution in [0.2, 0.25) is 0 Å². The van der Waals surface area contributed by atoms with Crippen molar-refractivity contribution in [3.63, 3.8) is 0 Å². The van der Waals surface area contributed by atoms with Crippen LogP contribution in [-0.2, 0) is 6.18 Å². The minimum Gasteiger partial charge on any atom is -0.496 e. The van der Waals surface area contributed by atoms with E-state index in [0.29, 0.717) is 0 Å². The molecule has 1 aliphatic heterocycles. The first kappa shape index (κ1) is 18.9. The molecule has 1 aromatic rings. The fourth-order valence-corrected chi connectivity index (χ4v) is 2.69. The molecule has 1 heterocycles. The van der Waals surface area contributed by atoms with E-state index in [9.17, 15) is 13.2 Å². The first-order valence-corrected chi connectivity index (χ1v) is 7.10. The molecule has 1 aromatic carbocycles. The molecule has 22 heavy (non-hydrogen) atoms. The van der Waals surface area contributed by atoms with Gasteiger partial charge in [-0.2, -0.15) is 13.2 Å². The van der Waals surface area contributed by atoms with Crippen molar-refractivity contribution in [2.75, 3.05) is 26.8 Å². The van der Waals surface area contributed by atoms with Crippen molar-refractivity contribution in [2.45, 2.75) is 31.9 Å². The maximum absolute atomic E-state index is 13.1. The number of hydrogen-bond donors (Lipinski definition) is 1. The van der Waals surface area contributed by atoms with Crippen LogP contribution in [0.5, 0.6) is 11.5 Å². The van der Waals surface area contributed by atoms with Crippen LogP contribution in [0.1, 0.15) is 36.8 Å². The molecule has 0 radical (unpaired) electrons. The molecular weight excluding hydrogens is 319 g/mol. The monoisotopic (exact) mass is 339 g/mol. The Kier molecular flexibility index (Phi) is 6.81. The lowest BCUT2D eigenvalue weighted by Gasteiger charge is -2.26. The average molecular weight is 340 g/mol. The van der Waals surface area contributed by atoms with E-state index < -0.39 is 11.7 Å². The third-order valence-corrected chi connectivity index (χ3v) is 3.67. The van der Waals surface area contributed by atoms with Gasteiger partial charge in [0, 0.05) is 18.0 Å². The summed E-state index contributed by atoms with van der Waals surface area (Å²) in [5.74, 6) is 0.307. The third-order valence-electron chi connectivity index (χ3n) is 3.67. The van der Waals surface area contributed by atoms with Crippen molar-refractivity contribution < 1.29 is 22.6 Å². The smallest absolute Gasteiger partial charge is 0.420 e. The van der Waals surface area contributed by atoms with E-state index in [1.54, 1.807) is 6.92 Å². The second kappa shape index (κ2) is 7.92. The lowest BCUT2D eigenvalue weighted by atomic mass is 9.90. The normalized spacial score (nSPS) is 18.5. The van der Waals surface area contributed by atoms with Gasteiger partial charge < -0.3 is 14.8 Å². The van der Waals surface area contributed by atoms with Gasteiger partial charge in [-0.3, -0.25) is 0 Å². The number of rotatable bonds is 4. The van der Waals surface area contributed by atoms with Gasteiger partial charge in [0.2, 0.25) is 0 Å². The van der Waals surface area contributed by atoms with Crippen molar-refractivity contribution in [1.29, 1.82) is 0 Å². The third kappa shape index (κ3) is 4.20. The molecule has 0 aromatic heterocycles. The molecule has 3 nitrogen and oxygen atoms in total. The zero-order chi connectivity index (χ0) is 15.5. The van der Waals surface area contributed by atoms with Gasteiger partial charge in [-0.1, -0.05) is 0 Å². The molecule has 0 spiro atoms. The van der Waals surface area contributed by atoms with Gasteiger partial charge in [0.25, 0.3) is 0 Å². The van der Waals surface area contributed by atoms with E-state index in [0.717, 1.165) is 37.6 Å². The summed E-state index contributed by atoms with van der Waals surface area (Å²) in [4.78, 5) is 0. The van der Waals surface area contributed by atoms with E-state index >= 15 is 0 Å². The van der Waals surface area contributed by atoms with Crippen LogP contribution in [0.25, 0.3) is 0 Å². The lowest BCUT2D eigenvalue weighted by Crippen LogP contribution is -2.28. The fraction of sp³-hybridized carbons (Fsp3) is 0.600. The summed E-state index contributed by atoms with van der Waals surface area (Å²) in [7, 11) is 1.40. The van der Waals surface area contributed by atoms with E-state index in [-0.39, 0.29) is 36.4 Å². The quantitative estimate of drug-likeness (QED) is 0.899. The predicted octanol–water partition coefficient (Wildman–Crippen LogP) is 4.00. The Labute approximate surface area is 134 Å². The largest absolute Gasteiger partial charge is 0.496 e. The molecule has 126 valence electrons. The van der Waals surface area contributed by atoms with Gasteiger partial charge in [0.05, 0.1) is 13.7 Å². The Hall–Kier alpha value is -1.14. The molecule has 0 aliphatic carbocycles. The van der Waals surface area contributed by atoms with Gasteiger partial charge >= 0.3 is 6.18 Å². The van der Waals surface area contributed by atoms with Gasteiger partial charge in [0.1, 0.15) is 17.1 Å². The molecule has 0 bridgehead atoms. The van der Waals surface area contributed by atoms with Crippen molar-refractivity contribution in [3.05, 3.63) is 23.3 Å². The van der Waals surface area contributed by atoms with E-state index in [4.69, 9.17) is 9.47 Å². The molecule has 1 aliphatic rings. The van der Waals surface area contributed by atoms with Crippen LogP contribution in [0.4, 0.5) is 13.2 Å². The molecule has 1 N–H and O–H groups in total. The first-order chi connectivity index (χ1) is 9.97. The van der Waals surface area contributed by atoms with E-state index in [1.165, 1.54) is 13.2 Å². The number of nitrogens with one attached hydrogen (secondary N) is 1. The lowest BCUT2D eigenvalue weighted by molar-refractivity contribution is -0.139. The zero-order valence-electron chi connectivity index (χ0n) is 12.6. The average Bonchev–Trinajstić information content (AvgIpc) is 2.47. The highest BCUT2D eigenvalue weighted by atomic mass is 35.5. The van der Waals surface area contributed by atoms with Crippen LogP contribution >= 0.6 is 12.4 Å². The number of halogens is 4. The van der Waals surface area contributed by atoms with Crippen LogP contribution < -0.4 is 14.8 Å². The topological polar surface area (TPSA) is 30.5 Å². The summed E-state index contributed by atoms with van der Waals surface area (Å²) in [5, 5.41) is 3.26. The van der Waals surface area contributed by atoms with Gasteiger partial charge in [0.15, 0.2) is 0 Å². The Balaban J connectivity index is 0.00000242. The summed E-state index contributed by atoms with van der Waals surface area (Å²) >= 11 is 0. The highest BCUT2D eigenvalue weighted by molar-refractivity contribution is 5.85. The molecule has 7 heteroatoms. The summed E-state index contributed by atoms with van der Waals surface area (Å²) in [6, 6.07) is 2.54. The van der Waals surface area contributed by atoms with E-state index in [2.05, 4.69) is 5.32 Å². The maximum Gasteiger partial charge on any atom is 0.420 e. The summed E-state index contributed by atoms with van der Waals surface area (Å²) in [5.41, 5.74) is -0.00475. The Morgan fingerprint density at radius 1 is 1.27 bits per heavy atom. The van der Waals surface area contributed by atoms with Crippen LogP contribution in [-0.4, -0.2) is 26.8 Å².